The van der Waals surface area contributed by atoms with Gasteiger partial charge in [-0.15, -0.1) is 0 Å². The average molecular weight is 623 g/mol. The van der Waals surface area contributed by atoms with Crippen LogP contribution in [0.25, 0.3) is 10.8 Å². The molecule has 3 aromatic rings. The molecule has 0 saturated carbocycles. The zero-order valence-corrected chi connectivity index (χ0v) is 23.9. The Bertz CT molecular complexity index is 1330. The lowest BCUT2D eigenvalue weighted by Gasteiger charge is -2.21. The molecule has 0 amide bonds. The van der Waals surface area contributed by atoms with Gasteiger partial charge in [-0.25, -0.2) is 31.8 Å². The smallest absolute Gasteiger partial charge is 0.352 e. The molecule has 1 aromatic heterocycles. The SMILES string of the molecule is COC(C)C.FCF.Nc1nc(=O)n(C2OC(COP(NCC=O)Oc3cccc4ccccc34)CC2(F)F)cc1F. The molecule has 0 radical (unpaired) electrons. The number of aromatic nitrogens is 2. The van der Waals surface area contributed by atoms with Crippen molar-refractivity contribution in [1.29, 1.82) is 0 Å². The van der Waals surface area contributed by atoms with Crippen LogP contribution in [0, 0.1) is 5.82 Å². The van der Waals surface area contributed by atoms with Crippen LogP contribution in [-0.4, -0.2) is 61.2 Å². The number of halogens is 5. The van der Waals surface area contributed by atoms with Crippen LogP contribution in [0.15, 0.2) is 53.5 Å². The van der Waals surface area contributed by atoms with Crippen LogP contribution in [0.5, 0.6) is 5.75 Å². The molecule has 2 heterocycles. The number of fused-ring (bicyclic) bond motifs is 1. The lowest BCUT2D eigenvalue weighted by atomic mass is 10.1. The van der Waals surface area contributed by atoms with E-state index in [1.807, 2.05) is 44.2 Å². The van der Waals surface area contributed by atoms with Gasteiger partial charge in [-0.1, -0.05) is 36.4 Å². The van der Waals surface area contributed by atoms with Crippen LogP contribution in [0.4, 0.5) is 27.8 Å². The third-order valence-corrected chi connectivity index (χ3v) is 6.64. The lowest BCUT2D eigenvalue weighted by molar-refractivity contribution is -0.119. The number of anilines is 1. The highest BCUT2D eigenvalue weighted by molar-refractivity contribution is 7.45. The van der Waals surface area contributed by atoms with E-state index in [-0.39, 0.29) is 13.2 Å². The molecule has 232 valence electrons. The molecular formula is C26H32F5N4O6P. The van der Waals surface area contributed by atoms with E-state index < -0.39 is 57.5 Å². The number of nitrogens with zero attached hydrogens (tertiary/aromatic N) is 2. The molecule has 0 spiro atoms. The van der Waals surface area contributed by atoms with E-state index in [9.17, 15) is 31.5 Å². The molecule has 10 nitrogen and oxygen atoms in total. The number of methoxy groups -OCH3 is 1. The zero-order valence-electron chi connectivity index (χ0n) is 23.0. The number of nitrogen functional groups attached to an aromatic ring is 1. The number of carbonyl (C=O) groups excluding carboxylic acids is 1. The Morgan fingerprint density at radius 2 is 1.88 bits per heavy atom. The summed E-state index contributed by atoms with van der Waals surface area (Å²) in [4.78, 5) is 26.0. The van der Waals surface area contributed by atoms with Gasteiger partial charge in [0.25, 0.3) is 5.92 Å². The summed E-state index contributed by atoms with van der Waals surface area (Å²) in [6, 6.07) is 12.9. The minimum Gasteiger partial charge on any atom is -0.435 e. The van der Waals surface area contributed by atoms with E-state index in [0.29, 0.717) is 28.9 Å². The van der Waals surface area contributed by atoms with Crippen LogP contribution in [0.1, 0.15) is 26.5 Å². The molecule has 0 bridgehead atoms. The molecule has 1 saturated heterocycles. The number of rotatable bonds is 10. The topological polar surface area (TPSA) is 127 Å². The maximum absolute atomic E-state index is 14.6. The van der Waals surface area contributed by atoms with Crippen molar-refractivity contribution in [1.82, 2.24) is 14.6 Å². The number of alkyl halides is 4. The minimum absolute atomic E-state index is 0.0907. The van der Waals surface area contributed by atoms with Crippen molar-refractivity contribution in [2.24, 2.45) is 0 Å². The van der Waals surface area contributed by atoms with Gasteiger partial charge in [0.1, 0.15) is 12.0 Å². The summed E-state index contributed by atoms with van der Waals surface area (Å²) in [5.41, 5.74) is 4.04. The molecule has 2 aromatic carbocycles. The third-order valence-electron chi connectivity index (χ3n) is 5.45. The summed E-state index contributed by atoms with van der Waals surface area (Å²) in [5.74, 6) is -4.84. The molecule has 3 atom stereocenters. The van der Waals surface area contributed by atoms with Gasteiger partial charge >= 0.3 is 14.2 Å². The first-order valence-electron chi connectivity index (χ1n) is 12.4. The number of nitrogens with two attached hydrogens (primary N) is 1. The lowest BCUT2D eigenvalue weighted by Crippen LogP contribution is -2.35. The monoisotopic (exact) mass is 622 g/mol. The maximum atomic E-state index is 14.6. The van der Waals surface area contributed by atoms with Crippen molar-refractivity contribution >= 4 is 31.4 Å². The van der Waals surface area contributed by atoms with Crippen LogP contribution in [-0.2, 0) is 18.8 Å². The predicted molar refractivity (Wildman–Crippen MR) is 147 cm³/mol. The molecule has 1 fully saturated rings. The second-order valence-electron chi connectivity index (χ2n) is 8.78. The highest BCUT2D eigenvalue weighted by Gasteiger charge is 2.52. The van der Waals surface area contributed by atoms with E-state index in [1.54, 1.807) is 19.2 Å². The molecule has 42 heavy (non-hydrogen) atoms. The Morgan fingerprint density at radius 1 is 1.24 bits per heavy atom. The van der Waals surface area contributed by atoms with Crippen molar-refractivity contribution < 1.29 is 45.3 Å². The Labute approximate surface area is 239 Å². The average Bonchev–Trinajstić information content (AvgIpc) is 3.26. The highest BCUT2D eigenvalue weighted by atomic mass is 31.2. The normalized spacial score (nSPS) is 18.0. The maximum Gasteiger partial charge on any atom is 0.352 e. The quantitative estimate of drug-likeness (QED) is 0.181. The summed E-state index contributed by atoms with van der Waals surface area (Å²) in [5, 5.41) is 4.49. The molecule has 4 rings (SSSR count). The van der Waals surface area contributed by atoms with Crippen molar-refractivity contribution in [3.05, 3.63) is 65.0 Å². The van der Waals surface area contributed by atoms with Gasteiger partial charge in [0.2, 0.25) is 13.2 Å². The summed E-state index contributed by atoms with van der Waals surface area (Å²) >= 11 is 0. The summed E-state index contributed by atoms with van der Waals surface area (Å²) < 4.78 is 84.1. The van der Waals surface area contributed by atoms with Gasteiger partial charge in [0, 0.05) is 18.9 Å². The molecule has 1 aliphatic heterocycles. The Kier molecular flexibility index (Phi) is 14.2. The Morgan fingerprint density at radius 3 is 2.52 bits per heavy atom. The van der Waals surface area contributed by atoms with Crippen LogP contribution < -0.4 is 21.0 Å². The fourth-order valence-electron chi connectivity index (χ4n) is 3.46. The van der Waals surface area contributed by atoms with Gasteiger partial charge in [-0.2, -0.15) is 4.98 Å². The number of nitrogens with one attached hydrogen (secondary N) is 1. The molecule has 16 heteroatoms. The number of benzene rings is 2. The van der Waals surface area contributed by atoms with Gasteiger partial charge in [0.05, 0.1) is 31.6 Å². The van der Waals surface area contributed by atoms with Crippen LogP contribution in [0.2, 0.25) is 0 Å². The van der Waals surface area contributed by atoms with E-state index in [4.69, 9.17) is 24.3 Å². The number of hydrogen-bond acceptors (Lipinski definition) is 9. The largest absolute Gasteiger partial charge is 0.435 e. The van der Waals surface area contributed by atoms with Crippen LogP contribution >= 0.6 is 8.53 Å². The molecule has 0 aliphatic carbocycles. The second-order valence-corrected chi connectivity index (χ2v) is 10.0. The van der Waals surface area contributed by atoms with Crippen molar-refractivity contribution in [2.75, 3.05) is 32.9 Å². The van der Waals surface area contributed by atoms with Gasteiger partial charge in [0.15, 0.2) is 11.6 Å². The molecular weight excluding hydrogens is 590 g/mol. The standard InChI is InChI=1S/C21H20F3N4O5P.C4H10O.CH2F2/c22-16-11-28(20(30)27-18(16)25)19-21(23,24)10-14(32-19)12-31-34(26-8-9-29)33-17-7-3-5-13-4-1-2-6-15(13)17;1-4(2)5-3;2-1-3/h1-7,9,11,14,19,26H,8,10,12H2,(H2,25,27,30);4H,1-3H3;1H2. The first-order valence-corrected chi connectivity index (χ1v) is 13.6. The van der Waals surface area contributed by atoms with Crippen LogP contribution in [0.3, 0.4) is 0 Å². The molecule has 3 N–H and O–H groups in total. The second kappa shape index (κ2) is 17.0. The number of hydrogen-bond donors (Lipinski definition) is 2. The minimum atomic E-state index is -3.50. The van der Waals surface area contributed by atoms with E-state index in [0.717, 1.165) is 10.8 Å². The number of carbonyl (C=O) groups is 1. The fraction of sp³-hybridized carbons (Fsp3) is 0.423. The third kappa shape index (κ3) is 10.2. The van der Waals surface area contributed by atoms with E-state index >= 15 is 0 Å². The van der Waals surface area contributed by atoms with Crippen molar-refractivity contribution in [2.45, 2.75) is 44.6 Å². The number of ether oxygens (including phenoxy) is 2. The summed E-state index contributed by atoms with van der Waals surface area (Å²) in [7, 11) is -0.212. The van der Waals surface area contributed by atoms with Crippen molar-refractivity contribution in [3.63, 3.8) is 0 Å². The first-order chi connectivity index (χ1) is 20.0. The Balaban J connectivity index is 0.000000686. The predicted octanol–water partition coefficient (Wildman–Crippen LogP) is 5.08. The molecule has 1 aliphatic rings. The van der Waals surface area contributed by atoms with Crippen molar-refractivity contribution in [3.8, 4) is 5.75 Å². The first kappa shape index (κ1) is 35.0. The van der Waals surface area contributed by atoms with Gasteiger partial charge in [-0.3, -0.25) is 4.57 Å². The fourth-order valence-corrected chi connectivity index (χ4v) is 4.53. The van der Waals surface area contributed by atoms with E-state index in [2.05, 4.69) is 10.1 Å². The zero-order chi connectivity index (χ0) is 31.3. The van der Waals surface area contributed by atoms with Gasteiger partial charge in [-0.05, 0) is 25.3 Å². The summed E-state index contributed by atoms with van der Waals surface area (Å²) in [6.07, 6.45) is -2.49. The highest BCUT2D eigenvalue weighted by Crippen LogP contribution is 2.44. The van der Waals surface area contributed by atoms with Gasteiger partial charge < -0.3 is 29.0 Å². The summed E-state index contributed by atoms with van der Waals surface area (Å²) in [6.45, 7) is 1.82. The Hall–Kier alpha value is -3.23. The molecule has 3 unspecified atom stereocenters. The number of aldehydes is 1. The van der Waals surface area contributed by atoms with E-state index in [1.165, 1.54) is 0 Å².